The first-order valence-corrected chi connectivity index (χ1v) is 18.7. The molecule has 0 aliphatic carbocycles. The van der Waals surface area contributed by atoms with E-state index in [9.17, 15) is 9.59 Å². The maximum absolute atomic E-state index is 11.9. The summed E-state index contributed by atoms with van der Waals surface area (Å²) in [5.41, 5.74) is 3.91. The van der Waals surface area contributed by atoms with Crippen LogP contribution in [0.5, 0.6) is 0 Å². The van der Waals surface area contributed by atoms with E-state index in [1.165, 1.54) is 19.8 Å². The van der Waals surface area contributed by atoms with Crippen LogP contribution in [0.3, 0.4) is 0 Å². The number of methoxy groups -OCH3 is 2. The van der Waals surface area contributed by atoms with E-state index in [-0.39, 0.29) is 34.3 Å². The van der Waals surface area contributed by atoms with Gasteiger partial charge in [-0.2, -0.15) is 0 Å². The van der Waals surface area contributed by atoms with Crippen LogP contribution in [0.25, 0.3) is 0 Å². The Kier molecular flexibility index (Phi) is 13.4. The second-order valence-electron chi connectivity index (χ2n) is 16.8. The predicted octanol–water partition coefficient (Wildman–Crippen LogP) is 7.33. The Morgan fingerprint density at radius 2 is 0.808 bits per heavy atom. The minimum absolute atomic E-state index is 0.268. The van der Waals surface area contributed by atoms with Crippen molar-refractivity contribution in [1.82, 2.24) is 0 Å². The van der Waals surface area contributed by atoms with Crippen LogP contribution in [0.15, 0.2) is 24.3 Å². The fourth-order valence-corrected chi connectivity index (χ4v) is 6.05. The number of carbonyl (C=O) groups is 2. The number of hydrogen-bond acceptors (Lipinski definition) is 10. The molecule has 2 aromatic rings. The van der Waals surface area contributed by atoms with Gasteiger partial charge in [0.15, 0.2) is 0 Å². The molecule has 0 atom stereocenters. The predicted molar refractivity (Wildman–Crippen MR) is 215 cm³/mol. The van der Waals surface area contributed by atoms with Crippen molar-refractivity contribution in [3.63, 3.8) is 0 Å². The van der Waals surface area contributed by atoms with E-state index in [1.54, 1.807) is 0 Å². The molecule has 5 rings (SSSR count). The molecule has 0 N–H and O–H groups in total. The zero-order chi connectivity index (χ0) is 40.0. The lowest BCUT2D eigenvalue weighted by atomic mass is 9.49. The molecule has 0 unspecified atom stereocenters. The zero-order valence-corrected chi connectivity index (χ0v) is 36.7. The second-order valence-corrected chi connectivity index (χ2v) is 17.9. The minimum Gasteiger partial charge on any atom is -0.465 e. The van der Waals surface area contributed by atoms with Crippen LogP contribution in [0.1, 0.15) is 126 Å². The van der Waals surface area contributed by atoms with Crippen molar-refractivity contribution in [3.8, 4) is 0 Å². The number of aryl methyl sites for hydroxylation is 4. The molecule has 0 bridgehead atoms. The van der Waals surface area contributed by atoms with Gasteiger partial charge in [-0.25, -0.2) is 9.59 Å². The molecular formula is C38H58B3IO10. The van der Waals surface area contributed by atoms with Gasteiger partial charge < -0.3 is 37.4 Å². The summed E-state index contributed by atoms with van der Waals surface area (Å²) in [6, 6.07) is 7.64. The van der Waals surface area contributed by atoms with E-state index < -0.39 is 32.3 Å². The van der Waals surface area contributed by atoms with Gasteiger partial charge in [0, 0.05) is 3.57 Å². The lowest BCUT2D eigenvalue weighted by Gasteiger charge is -2.32. The maximum Gasteiger partial charge on any atom is 0.495 e. The molecule has 3 aliphatic heterocycles. The summed E-state index contributed by atoms with van der Waals surface area (Å²) in [6.07, 6.45) is 0. The van der Waals surface area contributed by atoms with E-state index in [2.05, 4.69) is 27.3 Å². The van der Waals surface area contributed by atoms with Crippen molar-refractivity contribution in [3.05, 3.63) is 61.2 Å². The van der Waals surface area contributed by atoms with E-state index in [0.29, 0.717) is 11.1 Å². The molecule has 0 spiro atoms. The Bertz CT molecular complexity index is 1570. The largest absolute Gasteiger partial charge is 0.495 e. The van der Waals surface area contributed by atoms with Crippen molar-refractivity contribution >= 4 is 61.1 Å². The van der Waals surface area contributed by atoms with Gasteiger partial charge in [0.05, 0.1) is 59.0 Å². The average Bonchev–Trinajstić information content (AvgIpc) is 3.47. The molecular weight excluding hydrogens is 776 g/mol. The van der Waals surface area contributed by atoms with Gasteiger partial charge in [-0.3, -0.25) is 0 Å². The first-order valence-electron chi connectivity index (χ1n) is 17.6. The summed E-state index contributed by atoms with van der Waals surface area (Å²) < 4.78 is 46.6. The SMILES string of the molecule is CC1(C)OB(B2OC(C)(C)C(C)(C)O2)OC1(C)C.COC(=O)c1cc(B2OC(C)(C)C(C)(C)O2)c(C)cc1C.COC(=O)c1cc(I)c(C)cc1C. The van der Waals surface area contributed by atoms with Crippen LogP contribution in [0, 0.1) is 31.3 Å². The number of esters is 2. The highest BCUT2D eigenvalue weighted by atomic mass is 127. The molecule has 0 saturated carbocycles. The number of rotatable bonds is 4. The van der Waals surface area contributed by atoms with E-state index in [1.807, 2.05) is 135 Å². The van der Waals surface area contributed by atoms with Gasteiger partial charge in [-0.1, -0.05) is 17.7 Å². The van der Waals surface area contributed by atoms with E-state index in [0.717, 1.165) is 25.7 Å². The monoisotopic (exact) mass is 834 g/mol. The summed E-state index contributed by atoms with van der Waals surface area (Å²) in [7, 11) is 1.36. The van der Waals surface area contributed by atoms with Crippen LogP contribution in [0.4, 0.5) is 0 Å². The molecule has 3 aliphatic rings. The van der Waals surface area contributed by atoms with Crippen molar-refractivity contribution in [2.75, 3.05) is 14.2 Å². The summed E-state index contributed by atoms with van der Waals surface area (Å²) in [5.74, 6) is -0.610. The molecule has 3 saturated heterocycles. The zero-order valence-electron chi connectivity index (χ0n) is 34.5. The van der Waals surface area contributed by atoms with Gasteiger partial charge in [-0.15, -0.1) is 0 Å². The average molecular weight is 834 g/mol. The van der Waals surface area contributed by atoms with Crippen molar-refractivity contribution in [2.24, 2.45) is 0 Å². The first kappa shape index (κ1) is 44.5. The highest BCUT2D eigenvalue weighted by Gasteiger charge is 2.63. The molecule has 0 radical (unpaired) electrons. The van der Waals surface area contributed by atoms with Crippen LogP contribution in [0.2, 0.25) is 0 Å². The quantitative estimate of drug-likeness (QED) is 0.177. The fourth-order valence-electron chi connectivity index (χ4n) is 5.58. The molecule has 0 amide bonds. The summed E-state index contributed by atoms with van der Waals surface area (Å²) in [5, 5.41) is 0. The lowest BCUT2D eigenvalue weighted by Crippen LogP contribution is -2.41. The Morgan fingerprint density at radius 1 is 0.500 bits per heavy atom. The molecule has 3 fully saturated rings. The summed E-state index contributed by atoms with van der Waals surface area (Å²) in [4.78, 5) is 23.1. The van der Waals surface area contributed by atoms with Crippen LogP contribution < -0.4 is 5.46 Å². The van der Waals surface area contributed by atoms with Crippen molar-refractivity contribution in [1.29, 1.82) is 0 Å². The van der Waals surface area contributed by atoms with Crippen molar-refractivity contribution < 1.29 is 47.0 Å². The standard InChI is InChI=1S/C16H23BO4.C12H24B2O4.C10H11IO2/c1-10-8-11(2)13(9-12(10)14(18)19-7)17-20-15(3,4)16(5,6)21-17;1-9(2)10(3,4)16-13(15-9)14-17-11(5,6)12(7,8)18-14;1-6-4-7(2)9(11)5-8(6)10(12)13-3/h8-9H,1-7H3;1-8H3;4-5H,1-3H3. The third-order valence-corrected chi connectivity index (χ3v) is 12.4. The fraction of sp³-hybridized carbons (Fsp3) is 0.632. The number of carbonyl (C=O) groups excluding carboxylic acids is 2. The second kappa shape index (κ2) is 15.7. The van der Waals surface area contributed by atoms with E-state index in [4.69, 9.17) is 32.7 Å². The number of hydrogen-bond donors (Lipinski definition) is 0. The number of halogens is 1. The molecule has 0 aromatic heterocycles. The molecule has 52 heavy (non-hydrogen) atoms. The highest BCUT2D eigenvalue weighted by molar-refractivity contribution is 14.1. The molecule has 10 nitrogen and oxygen atoms in total. The van der Waals surface area contributed by atoms with Crippen molar-refractivity contribution in [2.45, 2.75) is 144 Å². The van der Waals surface area contributed by atoms with Gasteiger partial charge >= 0.3 is 33.1 Å². The normalized spacial score (nSPS) is 21.5. The van der Waals surface area contributed by atoms with Gasteiger partial charge in [-0.05, 0) is 168 Å². The topological polar surface area (TPSA) is 108 Å². The highest BCUT2D eigenvalue weighted by Crippen LogP contribution is 2.43. The third kappa shape index (κ3) is 9.29. The Labute approximate surface area is 326 Å². The van der Waals surface area contributed by atoms with E-state index >= 15 is 0 Å². The molecule has 14 heteroatoms. The number of ether oxygens (including phenoxy) is 2. The van der Waals surface area contributed by atoms with Crippen LogP contribution in [-0.4, -0.2) is 80.9 Å². The van der Waals surface area contributed by atoms with Gasteiger partial charge in [0.1, 0.15) is 0 Å². The van der Waals surface area contributed by atoms with Gasteiger partial charge in [0.25, 0.3) is 0 Å². The summed E-state index contributed by atoms with van der Waals surface area (Å²) in [6.45, 7) is 32.1. The maximum atomic E-state index is 11.9. The van der Waals surface area contributed by atoms with Crippen LogP contribution in [-0.2, 0) is 37.4 Å². The molecule has 3 heterocycles. The molecule has 286 valence electrons. The Hall–Kier alpha value is -1.94. The Morgan fingerprint density at radius 3 is 1.15 bits per heavy atom. The first-order chi connectivity index (χ1) is 23.5. The smallest absolute Gasteiger partial charge is 0.465 e. The number of benzene rings is 2. The van der Waals surface area contributed by atoms with Crippen LogP contribution >= 0.6 is 22.6 Å². The lowest BCUT2D eigenvalue weighted by molar-refractivity contribution is 0.00578. The summed E-state index contributed by atoms with van der Waals surface area (Å²) >= 11 is 2.21. The minimum atomic E-state index is -0.476. The third-order valence-electron chi connectivity index (χ3n) is 11.2. The Balaban J connectivity index is 0.000000216. The molecule has 2 aromatic carbocycles. The van der Waals surface area contributed by atoms with Gasteiger partial charge in [0.2, 0.25) is 0 Å².